The maximum Gasteiger partial charge on any atom is 0.288 e. The molecule has 1 aromatic heterocycles. The Kier molecular flexibility index (Phi) is 2.93. The summed E-state index contributed by atoms with van der Waals surface area (Å²) in [7, 11) is 0. The third-order valence-corrected chi connectivity index (χ3v) is 4.16. The summed E-state index contributed by atoms with van der Waals surface area (Å²) in [6.45, 7) is 0. The molecule has 0 atom stereocenters. The van der Waals surface area contributed by atoms with Crippen LogP contribution in [0.2, 0.25) is 0 Å². The number of hydrogen-bond acceptors (Lipinski definition) is 3. The number of fused-ring (bicyclic) bond motifs is 1. The van der Waals surface area contributed by atoms with E-state index in [9.17, 15) is 10.1 Å². The Hall–Kier alpha value is 0.0400. The lowest BCUT2D eigenvalue weighted by Crippen LogP contribution is -1.87. The number of thiophene rings is 1. The second kappa shape index (κ2) is 3.89. The number of hydrogen-bond donors (Lipinski definition) is 0. The molecule has 0 N–H and O–H groups in total. The summed E-state index contributed by atoms with van der Waals surface area (Å²) in [6, 6.07) is 3.92. The summed E-state index contributed by atoms with van der Waals surface area (Å²) in [4.78, 5) is 10.4. The molecule has 0 spiro atoms. The van der Waals surface area contributed by atoms with Crippen LogP contribution >= 0.6 is 56.5 Å². The maximum atomic E-state index is 10.7. The Morgan fingerprint density at radius 3 is 2.71 bits per heavy atom. The van der Waals surface area contributed by atoms with Gasteiger partial charge in [0.2, 0.25) is 0 Å². The van der Waals surface area contributed by atoms with Crippen molar-refractivity contribution < 1.29 is 4.92 Å². The lowest BCUT2D eigenvalue weighted by molar-refractivity contribution is -0.382. The Morgan fingerprint density at radius 1 is 1.36 bits per heavy atom. The van der Waals surface area contributed by atoms with Crippen LogP contribution in [0.3, 0.4) is 0 Å². The Balaban J connectivity index is 2.85. The van der Waals surface area contributed by atoms with E-state index in [1.807, 2.05) is 12.1 Å². The van der Waals surface area contributed by atoms with Crippen molar-refractivity contribution in [3.05, 3.63) is 34.8 Å². The van der Waals surface area contributed by atoms with E-state index in [1.165, 1.54) is 11.3 Å². The van der Waals surface area contributed by atoms with Gasteiger partial charge in [0.05, 0.1) is 15.7 Å². The molecule has 0 aliphatic heterocycles. The van der Waals surface area contributed by atoms with Crippen molar-refractivity contribution in [2.45, 2.75) is 0 Å². The van der Waals surface area contributed by atoms with Gasteiger partial charge in [-0.05, 0) is 57.3 Å². The molecule has 1 heterocycles. The first-order valence-corrected chi connectivity index (χ1v) is 6.64. The predicted octanol–water partition coefficient (Wildman–Crippen LogP) is 4.02. The molecule has 0 unspecified atom stereocenters. The zero-order valence-corrected chi connectivity index (χ0v) is 11.8. The van der Waals surface area contributed by atoms with Crippen LogP contribution < -0.4 is 0 Å². The standard InChI is InChI=1S/C8H3I2NO2S/c9-4-1-5(10)8-6(11(12)13)3-14-7(8)2-4/h1-3H. The molecule has 0 radical (unpaired) electrons. The molecular weight excluding hydrogens is 428 g/mol. The monoisotopic (exact) mass is 431 g/mol. The summed E-state index contributed by atoms with van der Waals surface area (Å²) in [5.41, 5.74) is 0.214. The van der Waals surface area contributed by atoms with Crippen molar-refractivity contribution in [1.82, 2.24) is 0 Å². The molecule has 72 valence electrons. The summed E-state index contributed by atoms with van der Waals surface area (Å²) < 4.78 is 3.03. The average Bonchev–Trinajstić information content (AvgIpc) is 2.47. The summed E-state index contributed by atoms with van der Waals surface area (Å²) in [5, 5.41) is 13.1. The summed E-state index contributed by atoms with van der Waals surface area (Å²) in [6.07, 6.45) is 0. The molecule has 14 heavy (non-hydrogen) atoms. The number of nitro groups is 1. The first-order valence-electron chi connectivity index (χ1n) is 3.60. The van der Waals surface area contributed by atoms with Gasteiger partial charge in [0.25, 0.3) is 5.69 Å². The highest BCUT2D eigenvalue weighted by molar-refractivity contribution is 14.1. The fourth-order valence-electron chi connectivity index (χ4n) is 1.20. The van der Waals surface area contributed by atoms with Gasteiger partial charge >= 0.3 is 0 Å². The van der Waals surface area contributed by atoms with Gasteiger partial charge in [0.15, 0.2) is 0 Å². The average molecular weight is 431 g/mol. The highest BCUT2D eigenvalue weighted by Gasteiger charge is 2.17. The van der Waals surface area contributed by atoms with Crippen LogP contribution in [0.5, 0.6) is 0 Å². The Labute approximate surface area is 111 Å². The molecule has 2 aromatic rings. The SMILES string of the molecule is O=[N+]([O-])c1csc2cc(I)cc(I)c12. The minimum absolute atomic E-state index is 0.214. The minimum atomic E-state index is -0.326. The Morgan fingerprint density at radius 2 is 2.07 bits per heavy atom. The fourth-order valence-corrected chi connectivity index (χ4v) is 4.69. The zero-order valence-electron chi connectivity index (χ0n) is 6.66. The van der Waals surface area contributed by atoms with Crippen LogP contribution in [0.25, 0.3) is 10.1 Å². The first kappa shape index (κ1) is 10.6. The molecule has 0 amide bonds. The number of rotatable bonds is 1. The lowest BCUT2D eigenvalue weighted by Gasteiger charge is -1.95. The van der Waals surface area contributed by atoms with E-state index >= 15 is 0 Å². The van der Waals surface area contributed by atoms with Crippen molar-refractivity contribution in [3.63, 3.8) is 0 Å². The van der Waals surface area contributed by atoms with Gasteiger partial charge in [-0.15, -0.1) is 11.3 Å². The zero-order chi connectivity index (χ0) is 10.3. The van der Waals surface area contributed by atoms with Crippen molar-refractivity contribution in [2.24, 2.45) is 0 Å². The number of benzene rings is 1. The molecule has 0 aliphatic rings. The third kappa shape index (κ3) is 1.74. The molecule has 1 aromatic carbocycles. The Bertz CT molecular complexity index is 523. The second-order valence-electron chi connectivity index (χ2n) is 2.64. The van der Waals surface area contributed by atoms with Crippen LogP contribution in [-0.4, -0.2) is 4.92 Å². The normalized spacial score (nSPS) is 10.7. The number of halogens is 2. The molecule has 3 nitrogen and oxygen atoms in total. The van der Waals surface area contributed by atoms with Gasteiger partial charge in [-0.25, -0.2) is 0 Å². The lowest BCUT2D eigenvalue weighted by atomic mass is 10.2. The van der Waals surface area contributed by atoms with E-state index in [2.05, 4.69) is 45.2 Å². The van der Waals surface area contributed by atoms with E-state index in [-0.39, 0.29) is 10.6 Å². The van der Waals surface area contributed by atoms with Crippen molar-refractivity contribution in [2.75, 3.05) is 0 Å². The molecular formula is C8H3I2NO2S. The van der Waals surface area contributed by atoms with Crippen LogP contribution in [0, 0.1) is 17.3 Å². The van der Waals surface area contributed by atoms with Crippen molar-refractivity contribution in [1.29, 1.82) is 0 Å². The molecule has 0 bridgehead atoms. The molecule has 0 saturated carbocycles. The van der Waals surface area contributed by atoms with Gasteiger partial charge < -0.3 is 0 Å². The summed E-state index contributed by atoms with van der Waals surface area (Å²) in [5.74, 6) is 0. The van der Waals surface area contributed by atoms with Crippen molar-refractivity contribution >= 4 is 72.3 Å². The fraction of sp³-hybridized carbons (Fsp3) is 0. The van der Waals surface area contributed by atoms with Gasteiger partial charge in [-0.3, -0.25) is 10.1 Å². The second-order valence-corrected chi connectivity index (χ2v) is 5.96. The topological polar surface area (TPSA) is 43.1 Å². The van der Waals surface area contributed by atoms with E-state index in [0.717, 1.165) is 17.2 Å². The smallest absolute Gasteiger partial charge is 0.258 e. The highest BCUT2D eigenvalue weighted by atomic mass is 127. The van der Waals surface area contributed by atoms with E-state index in [0.29, 0.717) is 0 Å². The van der Waals surface area contributed by atoms with Gasteiger partial charge in [-0.1, -0.05) is 0 Å². The third-order valence-electron chi connectivity index (χ3n) is 1.77. The quantitative estimate of drug-likeness (QED) is 0.389. The van der Waals surface area contributed by atoms with Gasteiger partial charge in [0, 0.05) is 11.8 Å². The summed E-state index contributed by atoms with van der Waals surface area (Å²) >= 11 is 5.77. The predicted molar refractivity (Wildman–Crippen MR) is 73.9 cm³/mol. The minimum Gasteiger partial charge on any atom is -0.258 e. The molecule has 0 fully saturated rings. The molecule has 6 heteroatoms. The van der Waals surface area contributed by atoms with E-state index in [4.69, 9.17) is 0 Å². The number of nitrogens with zero attached hydrogens (tertiary/aromatic N) is 1. The van der Waals surface area contributed by atoms with Crippen LogP contribution in [-0.2, 0) is 0 Å². The largest absolute Gasteiger partial charge is 0.288 e. The highest BCUT2D eigenvalue weighted by Crippen LogP contribution is 2.36. The van der Waals surface area contributed by atoms with Crippen molar-refractivity contribution in [3.8, 4) is 0 Å². The van der Waals surface area contributed by atoms with Gasteiger partial charge in [0.1, 0.15) is 0 Å². The van der Waals surface area contributed by atoms with E-state index < -0.39 is 0 Å². The molecule has 0 aliphatic carbocycles. The van der Waals surface area contributed by atoms with E-state index in [1.54, 1.807) is 5.38 Å². The van der Waals surface area contributed by atoms with Crippen LogP contribution in [0.15, 0.2) is 17.5 Å². The molecule has 0 saturated heterocycles. The van der Waals surface area contributed by atoms with Crippen LogP contribution in [0.1, 0.15) is 0 Å². The maximum absolute atomic E-state index is 10.7. The molecule has 2 rings (SSSR count). The first-order chi connectivity index (χ1) is 6.59. The van der Waals surface area contributed by atoms with Gasteiger partial charge in [-0.2, -0.15) is 0 Å². The van der Waals surface area contributed by atoms with Crippen LogP contribution in [0.4, 0.5) is 5.69 Å².